The van der Waals surface area contributed by atoms with Gasteiger partial charge in [0.15, 0.2) is 0 Å². The summed E-state index contributed by atoms with van der Waals surface area (Å²) in [6.45, 7) is 67.0. The van der Waals surface area contributed by atoms with Crippen LogP contribution in [0.15, 0.2) is 36.5 Å². The van der Waals surface area contributed by atoms with E-state index < -0.39 is 0 Å². The van der Waals surface area contributed by atoms with Crippen LogP contribution < -0.4 is 0 Å². The van der Waals surface area contributed by atoms with Crippen molar-refractivity contribution in [2.45, 2.75) is 307 Å². The monoisotopic (exact) mass is 1210 g/mol. The SMILES string of the molecule is C.C.C.C1=CC2CC1C[N-]2.CC(C)(C)C.CC(C)(C)C.CC(C)(C)N1CC2C=CC1C2.CC(C)(C)N1CC2C=CC1C2.CC(C)(C)N1CC2CCCC1CN2C(C)(C)C.CCC(C)(C)C.C[C-](C)C.[U+2]. The molecule has 70 heavy (non-hydrogen) atoms. The summed E-state index contributed by atoms with van der Waals surface area (Å²) in [6.07, 6.45) is 23.5. The van der Waals surface area contributed by atoms with Crippen LogP contribution >= 0.6 is 0 Å². The Morgan fingerprint density at radius 1 is 0.443 bits per heavy atom. The minimum atomic E-state index is 0. The number of piperazine rings is 1. The predicted octanol–water partition coefficient (Wildman–Crippen LogP) is 18.6. The van der Waals surface area contributed by atoms with E-state index in [1.165, 1.54) is 77.0 Å². The van der Waals surface area contributed by atoms with Gasteiger partial charge in [-0.1, -0.05) is 155 Å². The summed E-state index contributed by atoms with van der Waals surface area (Å²) in [4.78, 5) is 10.7. The molecule has 6 saturated heterocycles. The second-order valence-electron chi connectivity index (χ2n) is 30.2. The quantitative estimate of drug-likeness (QED) is 0.178. The Kier molecular flexibility index (Phi) is 35.0. The molecule has 6 fully saturated rings. The number of rotatable bonds is 0. The van der Waals surface area contributed by atoms with Gasteiger partial charge in [-0.2, -0.15) is 20.8 Å². The molecule has 8 bridgehead atoms. The van der Waals surface area contributed by atoms with E-state index in [2.05, 4.69) is 248 Å². The predicted molar refractivity (Wildman–Crippen MR) is 319 cm³/mol. The number of nitrogens with zero attached hydrogens (tertiary/aromatic N) is 5. The number of fused-ring (bicyclic) bond motifs is 10. The Bertz CT molecular complexity index is 1320. The second-order valence-corrected chi connectivity index (χ2v) is 30.2. The Balaban J connectivity index is -0.000000370. The summed E-state index contributed by atoms with van der Waals surface area (Å²) in [5, 5.41) is 4.32. The van der Waals surface area contributed by atoms with Gasteiger partial charge in [-0.3, -0.25) is 19.6 Å². The topological polar surface area (TPSA) is 27.1 Å². The summed E-state index contributed by atoms with van der Waals surface area (Å²) >= 11 is 0. The van der Waals surface area contributed by atoms with Gasteiger partial charge in [0, 0.05) is 72.5 Å². The first-order valence-electron chi connectivity index (χ1n) is 27.1. The van der Waals surface area contributed by atoms with Crippen LogP contribution in [0.3, 0.4) is 0 Å². The van der Waals surface area contributed by atoms with E-state index in [1.807, 2.05) is 0 Å². The third-order valence-electron chi connectivity index (χ3n) is 13.0. The van der Waals surface area contributed by atoms with Crippen LogP contribution in [0.5, 0.6) is 0 Å². The summed E-state index contributed by atoms with van der Waals surface area (Å²) < 4.78 is 0. The zero-order valence-corrected chi connectivity index (χ0v) is 54.5. The fraction of sp³-hybridized carbons (Fsp3) is 0.891. The fourth-order valence-electron chi connectivity index (χ4n) is 9.53. The molecule has 6 heteroatoms. The molecule has 0 aromatic rings. The third kappa shape index (κ3) is 32.5. The molecule has 0 spiro atoms. The van der Waals surface area contributed by atoms with Crippen LogP contribution in [0.1, 0.15) is 254 Å². The van der Waals surface area contributed by atoms with E-state index in [0.29, 0.717) is 44.4 Å². The molecule has 5 nitrogen and oxygen atoms in total. The molecule has 416 valence electrons. The van der Waals surface area contributed by atoms with Gasteiger partial charge in [-0.25, -0.2) is 0 Å². The maximum Gasteiger partial charge on any atom is 2.00 e. The molecular formula is C64H131N5U. The van der Waals surface area contributed by atoms with E-state index >= 15 is 0 Å². The molecule has 0 radical (unpaired) electrons. The number of likely N-dealkylation sites (tertiary alicyclic amines) is 2. The van der Waals surface area contributed by atoms with Crippen molar-refractivity contribution in [1.82, 2.24) is 19.6 Å². The van der Waals surface area contributed by atoms with Crippen molar-refractivity contribution in [1.29, 1.82) is 0 Å². The van der Waals surface area contributed by atoms with Gasteiger partial charge in [0.05, 0.1) is 0 Å². The van der Waals surface area contributed by atoms with Crippen molar-refractivity contribution < 1.29 is 31.1 Å². The van der Waals surface area contributed by atoms with E-state index in [0.717, 1.165) is 48.5 Å². The van der Waals surface area contributed by atoms with Crippen LogP contribution in [0, 0.1) is 71.0 Å². The van der Waals surface area contributed by atoms with Gasteiger partial charge < -0.3 is 11.2 Å². The van der Waals surface area contributed by atoms with Crippen molar-refractivity contribution in [3.05, 3.63) is 47.7 Å². The van der Waals surface area contributed by atoms with Gasteiger partial charge in [0.25, 0.3) is 0 Å². The Labute approximate surface area is 468 Å². The van der Waals surface area contributed by atoms with Crippen LogP contribution in [0.2, 0.25) is 0 Å². The maximum absolute atomic E-state index is 4.32. The smallest absolute Gasteiger partial charge is 0.656 e. The molecule has 6 heterocycles. The van der Waals surface area contributed by atoms with E-state index in [1.54, 1.807) is 0 Å². The molecule has 0 saturated carbocycles. The normalized spacial score (nSPS) is 27.4. The average molecular weight is 1210 g/mol. The molecule has 8 unspecified atom stereocenters. The minimum Gasteiger partial charge on any atom is -0.656 e. The van der Waals surface area contributed by atoms with Crippen LogP contribution in [0.25, 0.3) is 5.32 Å². The van der Waals surface area contributed by atoms with Crippen LogP contribution in [0.4, 0.5) is 0 Å². The Morgan fingerprint density at radius 3 is 0.857 bits per heavy atom. The number of hydrogen-bond donors (Lipinski definition) is 0. The Morgan fingerprint density at radius 2 is 0.729 bits per heavy atom. The van der Waals surface area contributed by atoms with Gasteiger partial charge in [-0.15, -0.1) is 18.7 Å². The molecule has 9 aliphatic rings. The fourth-order valence-corrected chi connectivity index (χ4v) is 9.53. The van der Waals surface area contributed by atoms with E-state index in [4.69, 9.17) is 0 Å². The zero-order chi connectivity index (χ0) is 51.4. The number of hydrogen-bond acceptors (Lipinski definition) is 4. The van der Waals surface area contributed by atoms with E-state index in [9.17, 15) is 0 Å². The summed E-state index contributed by atoms with van der Waals surface area (Å²) in [7, 11) is 0. The molecule has 0 aromatic carbocycles. The first-order chi connectivity index (χ1) is 29.6. The molecule has 0 N–H and O–H groups in total. The van der Waals surface area contributed by atoms with Gasteiger partial charge in [0.1, 0.15) is 0 Å². The average Bonchev–Trinajstić information content (AvgIpc) is 3.99. The maximum atomic E-state index is 4.32. The van der Waals surface area contributed by atoms with E-state index in [-0.39, 0.29) is 53.4 Å². The third-order valence-corrected chi connectivity index (χ3v) is 13.0. The van der Waals surface area contributed by atoms with Gasteiger partial charge in [0.2, 0.25) is 0 Å². The minimum absolute atomic E-state index is 0. The van der Waals surface area contributed by atoms with Crippen molar-refractivity contribution >= 4 is 0 Å². The van der Waals surface area contributed by atoms with Crippen molar-refractivity contribution in [2.24, 2.45) is 34.0 Å². The molecule has 0 aromatic heterocycles. The van der Waals surface area contributed by atoms with Gasteiger partial charge in [-0.05, 0) is 143 Å². The summed E-state index contributed by atoms with van der Waals surface area (Å²) in [5.41, 5.74) is 2.93. The van der Waals surface area contributed by atoms with Crippen molar-refractivity contribution in [3.8, 4) is 0 Å². The van der Waals surface area contributed by atoms with Crippen LogP contribution in [-0.4, -0.2) is 105 Å². The molecule has 6 aliphatic heterocycles. The first-order valence-corrected chi connectivity index (χ1v) is 27.1. The van der Waals surface area contributed by atoms with Crippen molar-refractivity contribution in [2.75, 3.05) is 32.7 Å². The first kappa shape index (κ1) is 76.6. The molecule has 8 atom stereocenters. The molecular weight excluding hydrogens is 1080 g/mol. The zero-order valence-electron chi connectivity index (χ0n) is 50.3. The largest absolute Gasteiger partial charge is 2.00 e. The van der Waals surface area contributed by atoms with Crippen LogP contribution in [-0.2, 0) is 0 Å². The summed E-state index contributed by atoms with van der Waals surface area (Å²) in [5.74, 6) is 3.96. The van der Waals surface area contributed by atoms with Crippen molar-refractivity contribution in [3.63, 3.8) is 0 Å². The standard InChI is InChI=1S/C15H30N2.2C10H17N.C6H8N.C6H14.2C5H12.C4H9.3CH4.U/c1-14(2,3)16-10-13-9-7-8-12(16)11-17(13)15(4,5)6;2*1-10(2,3)11-7-8-4-5-9(11)6-8;1-2-6-3-5(1)4-7-6;1-5-6(2,3)4;2*1-5(2,3)4;1-4(2)3;;;;/h12-13H,7-11H2,1-6H3;2*4-5,8-9H,6-7H2,1-3H3;1-2,5-6H,3-4H2;5H2,1-4H3;2*1-4H3;1-3H3;3*1H4;/q;;;-1;;;;-1;;;;+2. The molecule has 9 rings (SSSR count). The second kappa shape index (κ2) is 32.0. The molecule has 3 aliphatic carbocycles. The molecule has 0 amide bonds. The summed E-state index contributed by atoms with van der Waals surface area (Å²) in [6, 6.07) is 3.66. The van der Waals surface area contributed by atoms with Gasteiger partial charge >= 0.3 is 31.1 Å². The Hall–Kier alpha value is 0.0719.